The minimum absolute atomic E-state index is 0.109. The maximum Gasteiger partial charge on any atom is 0.311 e. The van der Waals surface area contributed by atoms with Crippen LogP contribution in [0.4, 0.5) is 8.78 Å². The minimum atomic E-state index is -2.25. The summed E-state index contributed by atoms with van der Waals surface area (Å²) in [4.78, 5) is 0. The largest absolute Gasteiger partial charge is 0.540 e. The lowest BCUT2D eigenvalue weighted by atomic mass is 10.2. The van der Waals surface area contributed by atoms with Gasteiger partial charge in [0.2, 0.25) is 0 Å². The second-order valence-electron chi connectivity index (χ2n) is 5.82. The first kappa shape index (κ1) is 14.9. The predicted octanol–water partition coefficient (Wildman–Crippen LogP) is 5.27. The van der Waals surface area contributed by atoms with Crippen molar-refractivity contribution in [3.8, 4) is 0 Å². The number of hydrogen-bond donors (Lipinski definition) is 0. The van der Waals surface area contributed by atoms with E-state index in [1.807, 2.05) is 33.9 Å². The van der Waals surface area contributed by atoms with E-state index < -0.39 is 14.4 Å². The average Bonchev–Trinajstić information content (AvgIpc) is 2.25. The van der Waals surface area contributed by atoms with Crippen LogP contribution < -0.4 is 0 Å². The summed E-state index contributed by atoms with van der Waals surface area (Å²) in [7, 11) is -2.25. The van der Waals surface area contributed by atoms with Crippen molar-refractivity contribution in [2.45, 2.75) is 38.9 Å². The molecule has 0 heterocycles. The van der Waals surface area contributed by atoms with Crippen LogP contribution in [0.1, 0.15) is 26.3 Å². The maximum atomic E-state index is 13.1. The highest BCUT2D eigenvalue weighted by atomic mass is 28.4. The molecule has 1 aromatic rings. The van der Waals surface area contributed by atoms with Gasteiger partial charge >= 0.3 is 6.08 Å². The van der Waals surface area contributed by atoms with E-state index in [4.69, 9.17) is 4.43 Å². The van der Waals surface area contributed by atoms with Crippen LogP contribution in [0.25, 0.3) is 5.76 Å². The molecule has 0 aliphatic heterocycles. The van der Waals surface area contributed by atoms with Gasteiger partial charge in [0.1, 0.15) is 0 Å². The molecule has 0 aromatic heterocycles. The van der Waals surface area contributed by atoms with E-state index in [0.29, 0.717) is 5.56 Å². The highest BCUT2D eigenvalue weighted by Crippen LogP contribution is 2.40. The molecule has 1 aromatic carbocycles. The molecule has 0 fully saturated rings. The quantitative estimate of drug-likeness (QED) is 0.537. The van der Waals surface area contributed by atoms with Crippen molar-refractivity contribution in [2.75, 3.05) is 0 Å². The molecular weight excluding hydrogens is 250 g/mol. The second-order valence-corrected chi connectivity index (χ2v) is 10.5. The number of hydrogen-bond acceptors (Lipinski definition) is 1. The van der Waals surface area contributed by atoms with Crippen LogP contribution in [0.3, 0.4) is 0 Å². The zero-order valence-corrected chi connectivity index (χ0v) is 12.6. The third-order valence-electron chi connectivity index (χ3n) is 3.37. The zero-order chi connectivity index (χ0) is 14.0. The van der Waals surface area contributed by atoms with Crippen molar-refractivity contribution in [1.29, 1.82) is 0 Å². The molecule has 0 saturated heterocycles. The van der Waals surface area contributed by atoms with Crippen molar-refractivity contribution in [1.82, 2.24) is 0 Å². The molecule has 1 rings (SSSR count). The third kappa shape index (κ3) is 3.42. The van der Waals surface area contributed by atoms with Crippen molar-refractivity contribution in [3.05, 3.63) is 42.0 Å². The van der Waals surface area contributed by atoms with Crippen LogP contribution >= 0.6 is 0 Å². The summed E-state index contributed by atoms with van der Waals surface area (Å²) in [6, 6.07) is 8.54. The van der Waals surface area contributed by atoms with Gasteiger partial charge in [-0.2, -0.15) is 8.78 Å². The smallest absolute Gasteiger partial charge is 0.311 e. The molecule has 0 saturated carbocycles. The fourth-order valence-corrected chi connectivity index (χ4v) is 2.22. The summed E-state index contributed by atoms with van der Waals surface area (Å²) in [6.07, 6.45) is -1.76. The Kier molecular flexibility index (Phi) is 4.32. The Morgan fingerprint density at radius 1 is 1.06 bits per heavy atom. The highest BCUT2D eigenvalue weighted by molar-refractivity contribution is 6.74. The van der Waals surface area contributed by atoms with Crippen molar-refractivity contribution in [3.63, 3.8) is 0 Å². The molecule has 0 unspecified atom stereocenters. The van der Waals surface area contributed by atoms with Crippen molar-refractivity contribution >= 4 is 14.1 Å². The molecule has 0 radical (unpaired) electrons. The van der Waals surface area contributed by atoms with E-state index in [1.165, 1.54) is 0 Å². The van der Waals surface area contributed by atoms with E-state index in [-0.39, 0.29) is 10.8 Å². The van der Waals surface area contributed by atoms with Gasteiger partial charge in [-0.05, 0) is 18.1 Å². The molecule has 0 N–H and O–H groups in total. The fourth-order valence-electron chi connectivity index (χ4n) is 1.20. The van der Waals surface area contributed by atoms with Crippen LogP contribution in [0, 0.1) is 0 Å². The van der Waals surface area contributed by atoms with Crippen molar-refractivity contribution in [2.24, 2.45) is 0 Å². The molecule has 1 nitrogen and oxygen atoms in total. The molecular formula is C14H20F2OSi. The SMILES string of the molecule is CC(C)(C)[Si](C)(C)OC(=C(F)F)c1ccccc1. The summed E-state index contributed by atoms with van der Waals surface area (Å²) in [5.74, 6) is -0.276. The summed E-state index contributed by atoms with van der Waals surface area (Å²) in [6.45, 7) is 9.99. The second kappa shape index (κ2) is 5.22. The van der Waals surface area contributed by atoms with Gasteiger partial charge in [0, 0.05) is 5.56 Å². The lowest BCUT2D eigenvalue weighted by Crippen LogP contribution is -2.40. The summed E-state index contributed by atoms with van der Waals surface area (Å²) in [5.41, 5.74) is 0.433. The standard InChI is InChI=1S/C14H20F2OSi/c1-14(2,3)18(4,5)17-12(13(15)16)11-9-7-6-8-10-11/h6-10H,1-5H3. The Morgan fingerprint density at radius 2 is 1.56 bits per heavy atom. The molecule has 0 amide bonds. The highest BCUT2D eigenvalue weighted by Gasteiger charge is 2.40. The monoisotopic (exact) mass is 270 g/mol. The van der Waals surface area contributed by atoms with Gasteiger partial charge in [0.05, 0.1) is 0 Å². The van der Waals surface area contributed by atoms with E-state index in [2.05, 4.69) is 0 Å². The van der Waals surface area contributed by atoms with Crippen LogP contribution in [0.15, 0.2) is 36.4 Å². The van der Waals surface area contributed by atoms with Crippen LogP contribution in [-0.2, 0) is 4.43 Å². The number of rotatable bonds is 3. The maximum absolute atomic E-state index is 13.1. The molecule has 0 aliphatic rings. The first-order valence-electron chi connectivity index (χ1n) is 5.95. The lowest BCUT2D eigenvalue weighted by Gasteiger charge is -2.37. The van der Waals surface area contributed by atoms with Gasteiger partial charge in [-0.3, -0.25) is 0 Å². The van der Waals surface area contributed by atoms with E-state index >= 15 is 0 Å². The Labute approximate surface area is 109 Å². The topological polar surface area (TPSA) is 9.23 Å². The molecule has 0 atom stereocenters. The normalized spacial score (nSPS) is 12.2. The molecule has 4 heteroatoms. The van der Waals surface area contributed by atoms with Gasteiger partial charge in [-0.25, -0.2) is 0 Å². The summed E-state index contributed by atoms with van der Waals surface area (Å²) in [5, 5.41) is -0.109. The van der Waals surface area contributed by atoms with Gasteiger partial charge in [0.15, 0.2) is 5.76 Å². The molecule has 18 heavy (non-hydrogen) atoms. The molecule has 0 aliphatic carbocycles. The van der Waals surface area contributed by atoms with Gasteiger partial charge in [-0.1, -0.05) is 51.1 Å². The van der Waals surface area contributed by atoms with Crippen LogP contribution in [-0.4, -0.2) is 8.32 Å². The predicted molar refractivity (Wildman–Crippen MR) is 73.9 cm³/mol. The van der Waals surface area contributed by atoms with Gasteiger partial charge < -0.3 is 4.43 Å². The Morgan fingerprint density at radius 3 is 1.94 bits per heavy atom. The zero-order valence-electron chi connectivity index (χ0n) is 11.6. The van der Waals surface area contributed by atoms with Crippen LogP contribution in [0.5, 0.6) is 0 Å². The first-order valence-corrected chi connectivity index (χ1v) is 8.86. The molecule has 0 bridgehead atoms. The lowest BCUT2D eigenvalue weighted by molar-refractivity contribution is 0.373. The fraction of sp³-hybridized carbons (Fsp3) is 0.429. The Balaban J connectivity index is 3.10. The van der Waals surface area contributed by atoms with Gasteiger partial charge in [0.25, 0.3) is 8.32 Å². The van der Waals surface area contributed by atoms with Crippen LogP contribution in [0.2, 0.25) is 18.1 Å². The Hall–Kier alpha value is -1.16. The molecule has 100 valence electrons. The Bertz CT molecular complexity index is 429. The minimum Gasteiger partial charge on any atom is -0.540 e. The third-order valence-corrected chi connectivity index (χ3v) is 7.70. The van der Waals surface area contributed by atoms with Gasteiger partial charge in [-0.15, -0.1) is 0 Å². The number of benzene rings is 1. The first-order chi connectivity index (χ1) is 8.15. The summed E-state index contributed by atoms with van der Waals surface area (Å²) >= 11 is 0. The van der Waals surface area contributed by atoms with E-state index in [0.717, 1.165) is 0 Å². The average molecular weight is 270 g/mol. The summed E-state index contributed by atoms with van der Waals surface area (Å²) < 4.78 is 31.9. The van der Waals surface area contributed by atoms with E-state index in [9.17, 15) is 8.78 Å². The van der Waals surface area contributed by atoms with Crippen molar-refractivity contribution < 1.29 is 13.2 Å². The number of halogens is 2. The molecule has 0 spiro atoms. The van der Waals surface area contributed by atoms with E-state index in [1.54, 1.807) is 30.3 Å².